The number of rotatable bonds is 6. The third-order valence-electron chi connectivity index (χ3n) is 6.57. The lowest BCUT2D eigenvalue weighted by atomic mass is 9.87. The van der Waals surface area contributed by atoms with Crippen molar-refractivity contribution in [3.63, 3.8) is 0 Å². The molecule has 202 valence electrons. The number of thioether (sulfide) groups is 1. The first-order valence-corrected chi connectivity index (χ1v) is 13.8. The molecule has 7 nitrogen and oxygen atoms in total. The summed E-state index contributed by atoms with van der Waals surface area (Å²) < 4.78 is 21.5. The van der Waals surface area contributed by atoms with E-state index in [4.69, 9.17) is 9.52 Å². The lowest BCUT2D eigenvalue weighted by Gasteiger charge is -2.24. The van der Waals surface area contributed by atoms with Crippen molar-refractivity contribution in [1.29, 1.82) is 0 Å². The molecule has 4 aromatic rings. The number of furan rings is 1. The number of aryl methyl sites for hydroxylation is 1. The van der Waals surface area contributed by atoms with E-state index in [2.05, 4.69) is 26.1 Å². The third kappa shape index (κ3) is 5.63. The Morgan fingerprint density at radius 1 is 1.15 bits per heavy atom. The predicted molar refractivity (Wildman–Crippen MR) is 151 cm³/mol. The highest BCUT2D eigenvalue weighted by Gasteiger charge is 2.40. The van der Waals surface area contributed by atoms with Crippen molar-refractivity contribution in [3.8, 4) is 5.69 Å². The standard InChI is InChI=1S/C30H31FN4O3S/c1-19-10-12-22(13-11-19)35-29-26(28(33-35)30(2,3)4)27(20-7-5-8-21(31)15-20)39-18-25(37)34(29)17-24(36)32-16-23-9-6-14-38-23/h5-15,27H,16-18H2,1-4H3,(H,32,36). The number of anilines is 1. The van der Waals surface area contributed by atoms with Gasteiger partial charge >= 0.3 is 0 Å². The van der Waals surface area contributed by atoms with Crippen LogP contribution in [0.4, 0.5) is 10.2 Å². The second-order valence-corrected chi connectivity index (χ2v) is 11.8. The average Bonchev–Trinajstić information content (AvgIpc) is 3.52. The van der Waals surface area contributed by atoms with Crippen molar-refractivity contribution in [2.24, 2.45) is 0 Å². The summed E-state index contributed by atoms with van der Waals surface area (Å²) in [6.45, 7) is 8.22. The molecule has 1 aliphatic heterocycles. The molecular formula is C30H31FN4O3S. The van der Waals surface area contributed by atoms with E-state index in [0.717, 1.165) is 28.1 Å². The lowest BCUT2D eigenvalue weighted by molar-refractivity contribution is -0.123. The second-order valence-electron chi connectivity index (χ2n) is 10.7. The summed E-state index contributed by atoms with van der Waals surface area (Å²) in [5.41, 5.74) is 3.80. The van der Waals surface area contributed by atoms with Crippen LogP contribution in [0.3, 0.4) is 0 Å². The molecular weight excluding hydrogens is 515 g/mol. The third-order valence-corrected chi connectivity index (χ3v) is 7.83. The topological polar surface area (TPSA) is 80.4 Å². The number of nitrogens with zero attached hydrogens (tertiary/aromatic N) is 3. The van der Waals surface area contributed by atoms with Crippen molar-refractivity contribution in [2.75, 3.05) is 17.2 Å². The molecule has 3 heterocycles. The molecule has 0 spiro atoms. The smallest absolute Gasteiger partial charge is 0.240 e. The van der Waals surface area contributed by atoms with Crippen LogP contribution < -0.4 is 10.2 Å². The first kappa shape index (κ1) is 26.7. The molecule has 39 heavy (non-hydrogen) atoms. The summed E-state index contributed by atoms with van der Waals surface area (Å²) in [7, 11) is 0. The number of carbonyl (C=O) groups excluding carboxylic acids is 2. The summed E-state index contributed by atoms with van der Waals surface area (Å²) in [6, 6.07) is 17.9. The van der Waals surface area contributed by atoms with Gasteiger partial charge in [-0.3, -0.25) is 14.5 Å². The fraction of sp³-hybridized carbons (Fsp3) is 0.300. The molecule has 0 radical (unpaired) electrons. The van der Waals surface area contributed by atoms with Crippen molar-refractivity contribution < 1.29 is 18.4 Å². The molecule has 1 aliphatic rings. The number of fused-ring (bicyclic) bond motifs is 1. The van der Waals surface area contributed by atoms with E-state index in [-0.39, 0.29) is 41.7 Å². The molecule has 0 bridgehead atoms. The van der Waals surface area contributed by atoms with Gasteiger partial charge in [-0.05, 0) is 48.9 Å². The van der Waals surface area contributed by atoms with Gasteiger partial charge in [0.05, 0.1) is 35.2 Å². The Bertz CT molecular complexity index is 1490. The molecule has 2 amide bonds. The Morgan fingerprint density at radius 2 is 1.92 bits per heavy atom. The van der Waals surface area contributed by atoms with Crippen LogP contribution >= 0.6 is 11.8 Å². The van der Waals surface area contributed by atoms with Crippen LogP contribution in [0.5, 0.6) is 0 Å². The maximum Gasteiger partial charge on any atom is 0.240 e. The van der Waals surface area contributed by atoms with E-state index < -0.39 is 5.41 Å². The highest BCUT2D eigenvalue weighted by atomic mass is 32.2. The van der Waals surface area contributed by atoms with Gasteiger partial charge in [0.2, 0.25) is 11.8 Å². The predicted octanol–water partition coefficient (Wildman–Crippen LogP) is 5.70. The minimum absolute atomic E-state index is 0.124. The molecule has 0 saturated carbocycles. The maximum atomic E-state index is 14.4. The van der Waals surface area contributed by atoms with Gasteiger partial charge in [-0.2, -0.15) is 5.10 Å². The lowest BCUT2D eigenvalue weighted by Crippen LogP contribution is -2.42. The number of carbonyl (C=O) groups is 2. The van der Waals surface area contributed by atoms with Crippen LogP contribution in [-0.4, -0.2) is 33.9 Å². The number of hydrogen-bond donors (Lipinski definition) is 1. The van der Waals surface area contributed by atoms with Crippen LogP contribution in [0.15, 0.2) is 71.3 Å². The van der Waals surface area contributed by atoms with Crippen LogP contribution in [0.2, 0.25) is 0 Å². The second kappa shape index (κ2) is 10.7. The van der Waals surface area contributed by atoms with E-state index in [1.54, 1.807) is 29.1 Å². The van der Waals surface area contributed by atoms with Gasteiger partial charge in [0.15, 0.2) is 0 Å². The van der Waals surface area contributed by atoms with Gasteiger partial charge in [-0.1, -0.05) is 50.6 Å². The molecule has 0 saturated heterocycles. The molecule has 9 heteroatoms. The number of nitrogens with one attached hydrogen (secondary N) is 1. The van der Waals surface area contributed by atoms with E-state index in [0.29, 0.717) is 11.6 Å². The van der Waals surface area contributed by atoms with E-state index in [1.807, 2.05) is 37.3 Å². The summed E-state index contributed by atoms with van der Waals surface area (Å²) >= 11 is 1.42. The van der Waals surface area contributed by atoms with E-state index in [9.17, 15) is 14.0 Å². The minimum atomic E-state index is -0.396. The normalized spacial score (nSPS) is 15.7. The number of halogens is 1. The fourth-order valence-corrected chi connectivity index (χ4v) is 5.86. The quantitative estimate of drug-likeness (QED) is 0.336. The van der Waals surface area contributed by atoms with Gasteiger partial charge in [-0.15, -0.1) is 11.8 Å². The Balaban J connectivity index is 1.67. The Labute approximate surface area is 231 Å². The maximum absolute atomic E-state index is 14.4. The minimum Gasteiger partial charge on any atom is -0.467 e. The fourth-order valence-electron chi connectivity index (χ4n) is 4.67. The van der Waals surface area contributed by atoms with Crippen LogP contribution in [-0.2, 0) is 21.5 Å². The molecule has 0 aliphatic carbocycles. The number of hydrogen-bond acceptors (Lipinski definition) is 5. The zero-order valence-corrected chi connectivity index (χ0v) is 23.2. The number of benzene rings is 2. The van der Waals surface area contributed by atoms with Crippen molar-refractivity contribution in [2.45, 2.75) is 44.9 Å². The van der Waals surface area contributed by atoms with Gasteiger partial charge < -0.3 is 9.73 Å². The molecule has 1 atom stereocenters. The number of amides is 2. The monoisotopic (exact) mass is 546 g/mol. The van der Waals surface area contributed by atoms with Crippen LogP contribution in [0, 0.1) is 12.7 Å². The zero-order valence-electron chi connectivity index (χ0n) is 22.4. The van der Waals surface area contributed by atoms with Gasteiger partial charge in [0.1, 0.15) is 23.9 Å². The van der Waals surface area contributed by atoms with Gasteiger partial charge in [0.25, 0.3) is 0 Å². The summed E-state index contributed by atoms with van der Waals surface area (Å²) in [5, 5.41) is 7.54. The largest absolute Gasteiger partial charge is 0.467 e. The van der Waals surface area contributed by atoms with Gasteiger partial charge in [-0.25, -0.2) is 9.07 Å². The first-order valence-electron chi connectivity index (χ1n) is 12.8. The molecule has 1 N–H and O–H groups in total. The molecule has 1 unspecified atom stereocenters. The van der Waals surface area contributed by atoms with Crippen LogP contribution in [0.25, 0.3) is 5.69 Å². The molecule has 2 aromatic heterocycles. The highest BCUT2D eigenvalue weighted by Crippen LogP contribution is 2.48. The zero-order chi connectivity index (χ0) is 27.7. The van der Waals surface area contributed by atoms with Crippen molar-refractivity contribution >= 4 is 29.4 Å². The van der Waals surface area contributed by atoms with E-state index in [1.165, 1.54) is 28.8 Å². The SMILES string of the molecule is Cc1ccc(-n2nc(C(C)(C)C)c3c2N(CC(=O)NCc2ccco2)C(=O)CSC3c2cccc(F)c2)cc1. The Hall–Kier alpha value is -3.85. The average molecular weight is 547 g/mol. The highest BCUT2D eigenvalue weighted by molar-refractivity contribution is 8.00. The molecule has 5 rings (SSSR count). The molecule has 0 fully saturated rings. The van der Waals surface area contributed by atoms with Gasteiger partial charge in [0, 0.05) is 11.0 Å². The summed E-state index contributed by atoms with van der Waals surface area (Å²) in [5.74, 6) is 0.381. The van der Waals surface area contributed by atoms with Crippen molar-refractivity contribution in [1.82, 2.24) is 15.1 Å². The summed E-state index contributed by atoms with van der Waals surface area (Å²) in [4.78, 5) is 28.3. The Kier molecular flexibility index (Phi) is 7.36. The van der Waals surface area contributed by atoms with E-state index >= 15 is 0 Å². The van der Waals surface area contributed by atoms with Crippen LogP contribution in [0.1, 0.15) is 54.2 Å². The Morgan fingerprint density at radius 3 is 2.59 bits per heavy atom. The molecule has 2 aromatic carbocycles. The first-order chi connectivity index (χ1) is 18.6. The van der Waals surface area contributed by atoms with Crippen molar-refractivity contribution in [3.05, 3.63) is 101 Å². The summed E-state index contributed by atoms with van der Waals surface area (Å²) in [6.07, 6.45) is 1.55. The number of aromatic nitrogens is 2.